The molecule has 7 nitrogen and oxygen atoms in total. The van der Waals surface area contributed by atoms with Gasteiger partial charge in [0.2, 0.25) is 0 Å². The Morgan fingerprint density at radius 2 is 2.06 bits per heavy atom. The lowest BCUT2D eigenvalue weighted by atomic mass is 9.97. The summed E-state index contributed by atoms with van der Waals surface area (Å²) in [5.74, 6) is -1.07. The quantitative estimate of drug-likeness (QED) is 0.633. The van der Waals surface area contributed by atoms with Gasteiger partial charge in [0.1, 0.15) is 5.75 Å². The van der Waals surface area contributed by atoms with Crippen LogP contribution in [0.1, 0.15) is 36.0 Å². The fourth-order valence-electron chi connectivity index (χ4n) is 3.85. The Bertz CT molecular complexity index is 966. The van der Waals surface area contributed by atoms with Crippen LogP contribution in [0.2, 0.25) is 0 Å². The van der Waals surface area contributed by atoms with E-state index in [1.54, 1.807) is 6.92 Å². The van der Waals surface area contributed by atoms with Crippen molar-refractivity contribution in [1.29, 1.82) is 0 Å². The highest BCUT2D eigenvalue weighted by Gasteiger charge is 2.31. The van der Waals surface area contributed by atoms with Gasteiger partial charge < -0.3 is 20.4 Å². The van der Waals surface area contributed by atoms with Gasteiger partial charge in [0.15, 0.2) is 5.82 Å². The number of nitrogens with zero attached hydrogens (tertiary/aromatic N) is 3. The summed E-state index contributed by atoms with van der Waals surface area (Å²) in [6.45, 7) is 3.51. The van der Waals surface area contributed by atoms with Gasteiger partial charge in [-0.1, -0.05) is 0 Å². The number of carbonyl (C=O) groups is 1. The van der Waals surface area contributed by atoms with Gasteiger partial charge >= 0.3 is 12.1 Å². The lowest BCUT2D eigenvalue weighted by molar-refractivity contribution is -0.138. The van der Waals surface area contributed by atoms with Crippen LogP contribution < -0.4 is 5.32 Å². The average molecular weight is 438 g/mol. The molecule has 0 radical (unpaired) electrons. The molecule has 0 unspecified atom stereocenters. The standard InChI is InChI=1S/C21H25F3N4O3/c1-12-15(7-8-18(30)31)20(25-14-4-3-9-28(2)11-14)27-26-19(12)16-6-5-13(10-17(16)29)21(22,23)24/h5-6,10,14,29H,3-4,7-9,11H2,1-2H3,(H,25,27)(H,30,31)/t14-/m1/s1. The number of carboxylic acid groups (broad SMARTS) is 1. The van der Waals surface area contributed by atoms with Gasteiger partial charge in [-0.15, -0.1) is 10.2 Å². The molecule has 1 aromatic carbocycles. The molecule has 0 aliphatic carbocycles. The van der Waals surface area contributed by atoms with Crippen LogP contribution in [0.15, 0.2) is 18.2 Å². The summed E-state index contributed by atoms with van der Waals surface area (Å²) in [6.07, 6.45) is -2.59. The van der Waals surface area contributed by atoms with Crippen molar-refractivity contribution in [3.63, 3.8) is 0 Å². The molecule has 3 N–H and O–H groups in total. The van der Waals surface area contributed by atoms with E-state index in [0.29, 0.717) is 23.0 Å². The first-order valence-electron chi connectivity index (χ1n) is 10.00. The maximum Gasteiger partial charge on any atom is 0.416 e. The van der Waals surface area contributed by atoms with E-state index in [-0.39, 0.29) is 30.1 Å². The summed E-state index contributed by atoms with van der Waals surface area (Å²) in [7, 11) is 2.02. The van der Waals surface area contributed by atoms with Crippen molar-refractivity contribution in [2.24, 2.45) is 0 Å². The molecule has 0 spiro atoms. The molecule has 1 atom stereocenters. The Morgan fingerprint density at radius 3 is 2.68 bits per heavy atom. The van der Waals surface area contributed by atoms with E-state index in [0.717, 1.165) is 38.1 Å². The van der Waals surface area contributed by atoms with Crippen molar-refractivity contribution >= 4 is 11.8 Å². The number of hydrogen-bond donors (Lipinski definition) is 3. The van der Waals surface area contributed by atoms with E-state index >= 15 is 0 Å². The summed E-state index contributed by atoms with van der Waals surface area (Å²) in [4.78, 5) is 13.3. The molecular weight excluding hydrogens is 413 g/mol. The van der Waals surface area contributed by atoms with Gasteiger partial charge in [-0.2, -0.15) is 13.2 Å². The number of phenols is 1. The summed E-state index contributed by atoms with van der Waals surface area (Å²) < 4.78 is 38.8. The number of carboxylic acids is 1. The largest absolute Gasteiger partial charge is 0.507 e. The second kappa shape index (κ2) is 9.09. The molecule has 1 aliphatic heterocycles. The zero-order valence-electron chi connectivity index (χ0n) is 17.3. The van der Waals surface area contributed by atoms with Crippen LogP contribution in [-0.2, 0) is 17.4 Å². The maximum atomic E-state index is 12.9. The molecule has 0 bridgehead atoms. The van der Waals surface area contributed by atoms with Gasteiger partial charge in [-0.05, 0) is 63.5 Å². The molecule has 1 saturated heterocycles. The minimum atomic E-state index is -4.58. The molecule has 1 aromatic heterocycles. The van der Waals surface area contributed by atoms with Crippen LogP contribution >= 0.6 is 0 Å². The van der Waals surface area contributed by atoms with E-state index in [4.69, 9.17) is 5.11 Å². The summed E-state index contributed by atoms with van der Waals surface area (Å²) in [5.41, 5.74) is 0.555. The average Bonchev–Trinajstić information content (AvgIpc) is 2.67. The maximum absolute atomic E-state index is 12.9. The number of phenolic OH excluding ortho intramolecular Hbond substituents is 1. The van der Waals surface area contributed by atoms with Crippen LogP contribution in [0.3, 0.4) is 0 Å². The van der Waals surface area contributed by atoms with Crippen LogP contribution in [0.25, 0.3) is 11.3 Å². The van der Waals surface area contributed by atoms with Gasteiger partial charge in [-0.25, -0.2) is 0 Å². The van der Waals surface area contributed by atoms with E-state index in [1.807, 2.05) is 7.05 Å². The predicted octanol–water partition coefficient (Wildman–Crippen LogP) is 3.70. The fourth-order valence-corrected chi connectivity index (χ4v) is 3.85. The van der Waals surface area contributed by atoms with Gasteiger partial charge in [0.25, 0.3) is 0 Å². The number of aliphatic carboxylic acids is 1. The van der Waals surface area contributed by atoms with E-state index in [1.165, 1.54) is 0 Å². The molecule has 0 saturated carbocycles. The molecule has 2 heterocycles. The Balaban J connectivity index is 1.99. The molecule has 168 valence electrons. The number of halogens is 3. The molecule has 31 heavy (non-hydrogen) atoms. The van der Waals surface area contributed by atoms with E-state index < -0.39 is 23.5 Å². The first-order valence-corrected chi connectivity index (χ1v) is 10.00. The normalized spacial score (nSPS) is 17.5. The zero-order valence-corrected chi connectivity index (χ0v) is 17.3. The van der Waals surface area contributed by atoms with Crippen LogP contribution in [-0.4, -0.2) is 57.5 Å². The topological polar surface area (TPSA) is 98.6 Å². The second-order valence-corrected chi connectivity index (χ2v) is 7.87. The Kier molecular flexibility index (Phi) is 6.68. The van der Waals surface area contributed by atoms with Crippen molar-refractivity contribution in [3.05, 3.63) is 34.9 Å². The number of nitrogens with one attached hydrogen (secondary N) is 1. The number of alkyl halides is 3. The zero-order chi connectivity index (χ0) is 22.8. The highest BCUT2D eigenvalue weighted by Crippen LogP contribution is 2.38. The minimum Gasteiger partial charge on any atom is -0.507 e. The lowest BCUT2D eigenvalue weighted by Gasteiger charge is -2.31. The third kappa shape index (κ3) is 5.43. The lowest BCUT2D eigenvalue weighted by Crippen LogP contribution is -2.40. The van der Waals surface area contributed by atoms with Crippen LogP contribution in [0, 0.1) is 6.92 Å². The number of likely N-dealkylation sites (N-methyl/N-ethyl adjacent to an activating group) is 1. The van der Waals surface area contributed by atoms with Gasteiger partial charge in [0, 0.05) is 30.1 Å². The molecule has 1 aliphatic rings. The Hall–Kier alpha value is -2.88. The molecule has 0 amide bonds. The molecule has 3 rings (SSSR count). The third-order valence-corrected chi connectivity index (χ3v) is 5.48. The number of aromatic nitrogens is 2. The van der Waals surface area contributed by atoms with Gasteiger partial charge in [0.05, 0.1) is 11.3 Å². The Morgan fingerprint density at radius 1 is 1.32 bits per heavy atom. The summed E-state index contributed by atoms with van der Waals surface area (Å²) >= 11 is 0. The highest BCUT2D eigenvalue weighted by atomic mass is 19.4. The Labute approximate surface area is 177 Å². The highest BCUT2D eigenvalue weighted by molar-refractivity contribution is 5.73. The smallest absolute Gasteiger partial charge is 0.416 e. The van der Waals surface area contributed by atoms with Crippen molar-refractivity contribution in [2.45, 2.75) is 44.8 Å². The molecular formula is C21H25F3N4O3. The summed E-state index contributed by atoms with van der Waals surface area (Å²) in [5, 5.41) is 31.1. The van der Waals surface area contributed by atoms with E-state index in [2.05, 4.69) is 20.4 Å². The van der Waals surface area contributed by atoms with Gasteiger partial charge in [-0.3, -0.25) is 4.79 Å². The first-order chi connectivity index (χ1) is 14.6. The first kappa shape index (κ1) is 22.8. The number of piperidine rings is 1. The molecule has 2 aromatic rings. The number of aromatic hydroxyl groups is 1. The van der Waals surface area contributed by atoms with Crippen molar-refractivity contribution in [1.82, 2.24) is 15.1 Å². The van der Waals surface area contributed by atoms with Crippen molar-refractivity contribution in [3.8, 4) is 17.0 Å². The van der Waals surface area contributed by atoms with Crippen molar-refractivity contribution < 1.29 is 28.2 Å². The molecule has 10 heteroatoms. The minimum absolute atomic E-state index is 0.110. The SMILES string of the molecule is Cc1c(-c2ccc(C(F)(F)F)cc2O)nnc(N[C@@H]2CCCN(C)C2)c1CCC(=O)O. The predicted molar refractivity (Wildman–Crippen MR) is 109 cm³/mol. The third-order valence-electron chi connectivity index (χ3n) is 5.48. The monoisotopic (exact) mass is 438 g/mol. The van der Waals surface area contributed by atoms with Crippen LogP contribution in [0.5, 0.6) is 5.75 Å². The fraction of sp³-hybridized carbons (Fsp3) is 0.476. The number of benzene rings is 1. The summed E-state index contributed by atoms with van der Waals surface area (Å²) in [6, 6.07) is 2.80. The van der Waals surface area contributed by atoms with E-state index in [9.17, 15) is 23.1 Å². The number of hydrogen-bond acceptors (Lipinski definition) is 6. The second-order valence-electron chi connectivity index (χ2n) is 7.87. The number of anilines is 1. The van der Waals surface area contributed by atoms with Crippen LogP contribution in [0.4, 0.5) is 19.0 Å². The number of rotatable bonds is 6. The molecule has 1 fully saturated rings. The number of likely N-dealkylation sites (tertiary alicyclic amines) is 1. The van der Waals surface area contributed by atoms with Crippen molar-refractivity contribution in [2.75, 3.05) is 25.5 Å².